The van der Waals surface area contributed by atoms with Gasteiger partial charge in [0.05, 0.1) is 17.2 Å². The molecular formula is C12H9BrF6O. The fourth-order valence-corrected chi connectivity index (χ4v) is 1.81. The SMILES string of the molecule is C=C(Br)C[C@@H](O)c1cc(C(F)(F)F)cc(C(F)(F)F)c1. The van der Waals surface area contributed by atoms with Crippen molar-refractivity contribution in [2.75, 3.05) is 0 Å². The van der Waals surface area contributed by atoms with Crippen LogP contribution in [-0.4, -0.2) is 5.11 Å². The second kappa shape index (κ2) is 5.77. The molecule has 0 radical (unpaired) electrons. The minimum atomic E-state index is -4.93. The third kappa shape index (κ3) is 4.52. The quantitative estimate of drug-likeness (QED) is 0.745. The molecule has 1 nitrogen and oxygen atoms in total. The molecule has 0 aliphatic heterocycles. The summed E-state index contributed by atoms with van der Waals surface area (Å²) in [6.45, 7) is 3.38. The van der Waals surface area contributed by atoms with Crippen molar-refractivity contribution < 1.29 is 31.4 Å². The molecule has 0 aliphatic carbocycles. The van der Waals surface area contributed by atoms with Crippen LogP contribution in [0.15, 0.2) is 29.3 Å². The summed E-state index contributed by atoms with van der Waals surface area (Å²) in [6.07, 6.45) is -11.6. The summed E-state index contributed by atoms with van der Waals surface area (Å²) < 4.78 is 75.8. The van der Waals surface area contributed by atoms with Gasteiger partial charge >= 0.3 is 12.4 Å². The predicted octanol–water partition coefficient (Wildman–Crippen LogP) is 5.06. The predicted molar refractivity (Wildman–Crippen MR) is 64.1 cm³/mol. The van der Waals surface area contributed by atoms with Crippen LogP contribution in [-0.2, 0) is 12.4 Å². The molecule has 8 heteroatoms. The maximum absolute atomic E-state index is 12.6. The zero-order chi connectivity index (χ0) is 15.7. The maximum Gasteiger partial charge on any atom is 0.416 e. The third-order valence-electron chi connectivity index (χ3n) is 2.41. The van der Waals surface area contributed by atoms with Gasteiger partial charge in [0, 0.05) is 6.42 Å². The van der Waals surface area contributed by atoms with Crippen LogP contribution in [0.4, 0.5) is 26.3 Å². The monoisotopic (exact) mass is 362 g/mol. The number of rotatable bonds is 3. The largest absolute Gasteiger partial charge is 0.416 e. The summed E-state index contributed by atoms with van der Waals surface area (Å²) in [5.41, 5.74) is -3.38. The fraction of sp³-hybridized carbons (Fsp3) is 0.333. The van der Waals surface area contributed by atoms with E-state index < -0.39 is 35.1 Å². The molecule has 0 unspecified atom stereocenters. The fourth-order valence-electron chi connectivity index (χ4n) is 1.50. The lowest BCUT2D eigenvalue weighted by Crippen LogP contribution is -2.13. The van der Waals surface area contributed by atoms with E-state index >= 15 is 0 Å². The normalized spacial score (nSPS) is 14.2. The number of hydrogen-bond donors (Lipinski definition) is 1. The van der Waals surface area contributed by atoms with Gasteiger partial charge in [0.15, 0.2) is 0 Å². The van der Waals surface area contributed by atoms with Gasteiger partial charge in [0.1, 0.15) is 0 Å². The van der Waals surface area contributed by atoms with Crippen LogP contribution in [0.5, 0.6) is 0 Å². The van der Waals surface area contributed by atoms with Crippen LogP contribution in [0.25, 0.3) is 0 Å². The Morgan fingerprint density at radius 1 is 1.05 bits per heavy atom. The molecule has 0 aromatic heterocycles. The summed E-state index contributed by atoms with van der Waals surface area (Å²) in [5, 5.41) is 9.65. The Morgan fingerprint density at radius 2 is 1.45 bits per heavy atom. The first kappa shape index (κ1) is 17.0. The molecule has 0 saturated carbocycles. The minimum Gasteiger partial charge on any atom is -0.388 e. The second-order valence-corrected chi connectivity index (χ2v) is 5.20. The van der Waals surface area contributed by atoms with Crippen molar-refractivity contribution in [3.8, 4) is 0 Å². The summed E-state index contributed by atoms with van der Waals surface area (Å²) in [7, 11) is 0. The molecular weight excluding hydrogens is 354 g/mol. The summed E-state index contributed by atoms with van der Waals surface area (Å²) in [6, 6.07) is 1.00. The van der Waals surface area contributed by atoms with Gasteiger partial charge < -0.3 is 5.11 Å². The Balaban J connectivity index is 3.34. The van der Waals surface area contributed by atoms with Gasteiger partial charge in [-0.2, -0.15) is 26.3 Å². The number of halogens is 7. The van der Waals surface area contributed by atoms with Gasteiger partial charge in [-0.25, -0.2) is 0 Å². The molecule has 0 aliphatic rings. The van der Waals surface area contributed by atoms with Crippen LogP contribution in [0, 0.1) is 0 Å². The van der Waals surface area contributed by atoms with Gasteiger partial charge in [0.25, 0.3) is 0 Å². The highest BCUT2D eigenvalue weighted by atomic mass is 79.9. The average molecular weight is 363 g/mol. The van der Waals surface area contributed by atoms with Crippen LogP contribution >= 0.6 is 15.9 Å². The van der Waals surface area contributed by atoms with Crippen LogP contribution in [0.2, 0.25) is 0 Å². The van der Waals surface area contributed by atoms with E-state index in [0.29, 0.717) is 12.1 Å². The van der Waals surface area contributed by atoms with Gasteiger partial charge in [-0.1, -0.05) is 22.5 Å². The molecule has 0 heterocycles. The second-order valence-electron chi connectivity index (χ2n) is 4.08. The lowest BCUT2D eigenvalue weighted by molar-refractivity contribution is -0.143. The molecule has 1 rings (SSSR count). The molecule has 20 heavy (non-hydrogen) atoms. The van der Waals surface area contributed by atoms with Crippen molar-refractivity contribution in [3.05, 3.63) is 46.0 Å². The van der Waals surface area contributed by atoms with E-state index in [2.05, 4.69) is 22.5 Å². The first-order chi connectivity index (χ1) is 8.91. The number of aliphatic hydroxyl groups excluding tert-OH is 1. The van der Waals surface area contributed by atoms with Crippen molar-refractivity contribution in [1.82, 2.24) is 0 Å². The first-order valence-electron chi connectivity index (χ1n) is 5.22. The van der Waals surface area contributed by atoms with Crippen LogP contribution in [0.1, 0.15) is 29.2 Å². The molecule has 0 fully saturated rings. The van der Waals surface area contributed by atoms with E-state index in [-0.39, 0.29) is 17.0 Å². The molecule has 1 N–H and O–H groups in total. The Bertz CT molecular complexity index is 473. The zero-order valence-electron chi connectivity index (χ0n) is 9.82. The van der Waals surface area contributed by atoms with Gasteiger partial charge in [-0.3, -0.25) is 0 Å². The first-order valence-corrected chi connectivity index (χ1v) is 6.01. The Hall–Kier alpha value is -1.02. The standard InChI is InChI=1S/C12H9BrF6O/c1-6(13)2-10(20)7-3-8(11(14,15)16)5-9(4-7)12(17,18)19/h3-5,10,20H,1-2H2/t10-/m1/s1. The third-order valence-corrected chi connectivity index (χ3v) is 2.73. The van der Waals surface area contributed by atoms with Crippen molar-refractivity contribution >= 4 is 15.9 Å². The van der Waals surface area contributed by atoms with Crippen LogP contribution in [0.3, 0.4) is 0 Å². The highest BCUT2D eigenvalue weighted by Gasteiger charge is 2.37. The minimum absolute atomic E-state index is 0.0131. The molecule has 0 bridgehead atoms. The molecule has 1 atom stereocenters. The highest BCUT2D eigenvalue weighted by Crippen LogP contribution is 2.38. The van der Waals surface area contributed by atoms with Crippen molar-refractivity contribution in [2.45, 2.75) is 24.9 Å². The Morgan fingerprint density at radius 3 is 1.75 bits per heavy atom. The zero-order valence-corrected chi connectivity index (χ0v) is 11.4. The lowest BCUT2D eigenvalue weighted by atomic mass is 9.99. The molecule has 1 aromatic carbocycles. The van der Waals surface area contributed by atoms with Crippen molar-refractivity contribution in [1.29, 1.82) is 0 Å². The summed E-state index contributed by atoms with van der Waals surface area (Å²) in [4.78, 5) is 0. The molecule has 0 amide bonds. The van der Waals surface area contributed by atoms with E-state index in [4.69, 9.17) is 0 Å². The van der Waals surface area contributed by atoms with E-state index in [0.717, 1.165) is 0 Å². The van der Waals surface area contributed by atoms with Crippen molar-refractivity contribution in [3.63, 3.8) is 0 Å². The van der Waals surface area contributed by atoms with E-state index in [1.54, 1.807) is 0 Å². The summed E-state index contributed by atoms with van der Waals surface area (Å²) in [5.74, 6) is 0. The highest BCUT2D eigenvalue weighted by molar-refractivity contribution is 9.11. The van der Waals surface area contributed by atoms with Gasteiger partial charge in [-0.05, 0) is 28.2 Å². The van der Waals surface area contributed by atoms with E-state index in [1.807, 2.05) is 0 Å². The topological polar surface area (TPSA) is 20.2 Å². The van der Waals surface area contributed by atoms with Crippen LogP contribution < -0.4 is 0 Å². The number of hydrogen-bond acceptors (Lipinski definition) is 1. The molecule has 0 saturated heterocycles. The summed E-state index contributed by atoms with van der Waals surface area (Å²) >= 11 is 2.89. The number of alkyl halides is 6. The number of aliphatic hydroxyl groups is 1. The Kier molecular flexibility index (Phi) is 4.91. The average Bonchev–Trinajstić information content (AvgIpc) is 2.25. The number of benzene rings is 1. The maximum atomic E-state index is 12.6. The van der Waals surface area contributed by atoms with Gasteiger partial charge in [-0.15, -0.1) is 0 Å². The van der Waals surface area contributed by atoms with Gasteiger partial charge in [0.2, 0.25) is 0 Å². The molecule has 112 valence electrons. The lowest BCUT2D eigenvalue weighted by Gasteiger charge is -2.17. The molecule has 1 aromatic rings. The Labute approximate surface area is 119 Å². The smallest absolute Gasteiger partial charge is 0.388 e. The van der Waals surface area contributed by atoms with E-state index in [9.17, 15) is 31.4 Å². The molecule has 0 spiro atoms. The van der Waals surface area contributed by atoms with Crippen molar-refractivity contribution in [2.24, 2.45) is 0 Å². The van der Waals surface area contributed by atoms with E-state index in [1.165, 1.54) is 0 Å².